The number of carbonyl (C=O) groups is 2. The van der Waals surface area contributed by atoms with Crippen LogP contribution in [0.5, 0.6) is 5.75 Å². The first kappa shape index (κ1) is 25.6. The Morgan fingerprint density at radius 1 is 0.914 bits per heavy atom. The summed E-state index contributed by atoms with van der Waals surface area (Å²) in [5, 5.41) is 9.41. The zero-order valence-corrected chi connectivity index (χ0v) is 20.2. The summed E-state index contributed by atoms with van der Waals surface area (Å²) in [5.74, 6) is 1.26. The number of nitrogens with one attached hydrogen (secondary N) is 3. The van der Waals surface area contributed by atoms with E-state index in [9.17, 15) is 9.59 Å². The maximum absolute atomic E-state index is 12.9. The van der Waals surface area contributed by atoms with Crippen LogP contribution < -0.4 is 20.7 Å². The molecular weight excluding hydrogens is 446 g/mol. The van der Waals surface area contributed by atoms with Crippen molar-refractivity contribution in [2.45, 2.75) is 38.9 Å². The molecule has 0 spiro atoms. The van der Waals surface area contributed by atoms with Gasteiger partial charge in [0.1, 0.15) is 23.7 Å². The van der Waals surface area contributed by atoms with E-state index in [2.05, 4.69) is 25.9 Å². The zero-order valence-electron chi connectivity index (χ0n) is 20.2. The second-order valence-electron chi connectivity index (χ2n) is 7.89. The van der Waals surface area contributed by atoms with Crippen LogP contribution in [0.15, 0.2) is 60.9 Å². The zero-order chi connectivity index (χ0) is 25.0. The molecular formula is C26H31N5O4. The molecule has 1 amide bonds. The van der Waals surface area contributed by atoms with Gasteiger partial charge in [0.25, 0.3) is 0 Å². The maximum Gasteiger partial charge on any atom is 0.337 e. The number of esters is 1. The molecule has 0 aliphatic rings. The minimum absolute atomic E-state index is 0.150. The van der Waals surface area contributed by atoms with Gasteiger partial charge in [-0.2, -0.15) is 0 Å². The van der Waals surface area contributed by atoms with Gasteiger partial charge in [-0.25, -0.2) is 14.8 Å². The number of ether oxygens (including phenoxy) is 2. The van der Waals surface area contributed by atoms with Crippen molar-refractivity contribution in [1.29, 1.82) is 0 Å². The number of hydrogen-bond donors (Lipinski definition) is 3. The predicted octanol–water partition coefficient (Wildman–Crippen LogP) is 3.78. The fourth-order valence-corrected chi connectivity index (χ4v) is 3.40. The van der Waals surface area contributed by atoms with Crippen LogP contribution in [-0.4, -0.2) is 42.1 Å². The van der Waals surface area contributed by atoms with Crippen LogP contribution >= 0.6 is 0 Å². The molecule has 3 N–H and O–H groups in total. The molecule has 0 fully saturated rings. The van der Waals surface area contributed by atoms with Crippen LogP contribution in [0.3, 0.4) is 0 Å². The van der Waals surface area contributed by atoms with Crippen LogP contribution in [0.4, 0.5) is 11.6 Å². The van der Waals surface area contributed by atoms with Gasteiger partial charge in [-0.3, -0.25) is 4.79 Å². The molecule has 9 heteroatoms. The standard InChI is InChI=1S/C26H31N5O4/c1-4-5-22(27-15-19-8-12-21(34-2)13-9-19)25(32)31-24-14-23(29-17-30-24)28-16-18-6-10-20(11-7-18)26(33)35-3/h6-14,17,22,27H,4-5,15-16H2,1-3H3,(H2,28,29,30,31,32). The molecule has 9 nitrogen and oxygen atoms in total. The highest BCUT2D eigenvalue weighted by Gasteiger charge is 2.18. The number of aromatic nitrogens is 2. The SMILES string of the molecule is CCCC(NCc1ccc(OC)cc1)C(=O)Nc1cc(NCc2ccc(C(=O)OC)cc2)ncn1. The largest absolute Gasteiger partial charge is 0.497 e. The Morgan fingerprint density at radius 2 is 1.57 bits per heavy atom. The van der Waals surface area contributed by atoms with Crippen molar-refractivity contribution in [3.05, 3.63) is 77.6 Å². The molecule has 35 heavy (non-hydrogen) atoms. The number of methoxy groups -OCH3 is 2. The highest BCUT2D eigenvalue weighted by Crippen LogP contribution is 2.14. The number of nitrogens with zero attached hydrogens (tertiary/aromatic N) is 2. The fraction of sp³-hybridized carbons (Fsp3) is 0.308. The Labute approximate surface area is 205 Å². The number of anilines is 2. The third kappa shape index (κ3) is 7.79. The first-order valence-corrected chi connectivity index (χ1v) is 11.4. The second kappa shape index (κ2) is 13.0. The van der Waals surface area contributed by atoms with E-state index in [1.165, 1.54) is 13.4 Å². The lowest BCUT2D eigenvalue weighted by Gasteiger charge is -2.18. The molecule has 0 aliphatic carbocycles. The van der Waals surface area contributed by atoms with Crippen molar-refractivity contribution in [3.8, 4) is 5.75 Å². The molecule has 0 bridgehead atoms. The third-order valence-corrected chi connectivity index (χ3v) is 5.37. The highest BCUT2D eigenvalue weighted by atomic mass is 16.5. The van der Waals surface area contributed by atoms with Crippen molar-refractivity contribution in [3.63, 3.8) is 0 Å². The summed E-state index contributed by atoms with van der Waals surface area (Å²) in [6.45, 7) is 3.10. The quantitative estimate of drug-likeness (QED) is 0.338. The molecule has 1 heterocycles. The number of carbonyl (C=O) groups excluding carboxylic acids is 2. The first-order valence-electron chi connectivity index (χ1n) is 11.4. The van der Waals surface area contributed by atoms with Crippen LogP contribution in [0.1, 0.15) is 41.3 Å². The summed E-state index contributed by atoms with van der Waals surface area (Å²) in [6, 6.07) is 16.2. The lowest BCUT2D eigenvalue weighted by molar-refractivity contribution is -0.118. The van der Waals surface area contributed by atoms with E-state index < -0.39 is 0 Å². The Bertz CT molecular complexity index is 1100. The number of rotatable bonds is 12. The summed E-state index contributed by atoms with van der Waals surface area (Å²) in [4.78, 5) is 32.9. The Morgan fingerprint density at radius 3 is 2.23 bits per heavy atom. The second-order valence-corrected chi connectivity index (χ2v) is 7.89. The Kier molecular flexibility index (Phi) is 9.56. The summed E-state index contributed by atoms with van der Waals surface area (Å²) in [5.41, 5.74) is 2.52. The van der Waals surface area contributed by atoms with Crippen LogP contribution in [0, 0.1) is 0 Å². The van der Waals surface area contributed by atoms with Gasteiger partial charge in [0, 0.05) is 19.2 Å². The Balaban J connectivity index is 1.55. The predicted molar refractivity (Wildman–Crippen MR) is 134 cm³/mol. The number of hydrogen-bond acceptors (Lipinski definition) is 8. The molecule has 0 aliphatic heterocycles. The summed E-state index contributed by atoms with van der Waals surface area (Å²) >= 11 is 0. The number of amides is 1. The maximum atomic E-state index is 12.9. The van der Waals surface area contributed by atoms with Gasteiger partial charge in [-0.05, 0) is 41.8 Å². The van der Waals surface area contributed by atoms with Gasteiger partial charge < -0.3 is 25.4 Å². The van der Waals surface area contributed by atoms with Crippen LogP contribution in [-0.2, 0) is 22.6 Å². The average molecular weight is 478 g/mol. The topological polar surface area (TPSA) is 114 Å². The normalized spacial score (nSPS) is 11.4. The van der Waals surface area contributed by atoms with Crippen molar-refractivity contribution >= 4 is 23.5 Å². The van der Waals surface area contributed by atoms with Gasteiger partial charge in [0.2, 0.25) is 5.91 Å². The smallest absolute Gasteiger partial charge is 0.337 e. The lowest BCUT2D eigenvalue weighted by atomic mass is 10.1. The molecule has 1 atom stereocenters. The Hall–Kier alpha value is -3.98. The lowest BCUT2D eigenvalue weighted by Crippen LogP contribution is -2.40. The molecule has 0 saturated carbocycles. The first-order chi connectivity index (χ1) is 17.0. The molecule has 0 saturated heterocycles. The van der Waals surface area contributed by atoms with E-state index in [0.29, 0.717) is 36.7 Å². The van der Waals surface area contributed by atoms with Gasteiger partial charge in [0.05, 0.1) is 25.8 Å². The van der Waals surface area contributed by atoms with Crippen molar-refractivity contribution in [2.24, 2.45) is 0 Å². The minimum atomic E-state index is -0.374. The van der Waals surface area contributed by atoms with Crippen molar-refractivity contribution in [2.75, 3.05) is 24.9 Å². The van der Waals surface area contributed by atoms with E-state index in [1.54, 1.807) is 25.3 Å². The number of benzene rings is 2. The summed E-state index contributed by atoms with van der Waals surface area (Å²) < 4.78 is 9.90. The fourth-order valence-electron chi connectivity index (χ4n) is 3.40. The summed E-state index contributed by atoms with van der Waals surface area (Å²) in [7, 11) is 2.98. The van der Waals surface area contributed by atoms with Gasteiger partial charge in [0.15, 0.2) is 0 Å². The molecule has 0 radical (unpaired) electrons. The van der Waals surface area contributed by atoms with E-state index in [-0.39, 0.29) is 17.9 Å². The summed E-state index contributed by atoms with van der Waals surface area (Å²) in [6.07, 6.45) is 2.96. The average Bonchev–Trinajstić information content (AvgIpc) is 2.90. The monoisotopic (exact) mass is 477 g/mol. The highest BCUT2D eigenvalue weighted by molar-refractivity contribution is 5.94. The van der Waals surface area contributed by atoms with Gasteiger partial charge in [-0.15, -0.1) is 0 Å². The van der Waals surface area contributed by atoms with E-state index in [0.717, 1.165) is 23.3 Å². The molecule has 2 aromatic carbocycles. The van der Waals surface area contributed by atoms with E-state index in [1.807, 2.05) is 43.3 Å². The molecule has 1 aromatic heterocycles. The van der Waals surface area contributed by atoms with E-state index >= 15 is 0 Å². The van der Waals surface area contributed by atoms with Crippen LogP contribution in [0.25, 0.3) is 0 Å². The van der Waals surface area contributed by atoms with Gasteiger partial charge in [-0.1, -0.05) is 37.6 Å². The van der Waals surface area contributed by atoms with Crippen molar-refractivity contribution in [1.82, 2.24) is 15.3 Å². The minimum Gasteiger partial charge on any atom is -0.497 e. The third-order valence-electron chi connectivity index (χ3n) is 5.37. The molecule has 3 rings (SSSR count). The molecule has 3 aromatic rings. The molecule has 184 valence electrons. The van der Waals surface area contributed by atoms with Crippen LogP contribution in [0.2, 0.25) is 0 Å². The molecule has 1 unspecified atom stereocenters. The van der Waals surface area contributed by atoms with Gasteiger partial charge >= 0.3 is 5.97 Å². The van der Waals surface area contributed by atoms with E-state index in [4.69, 9.17) is 9.47 Å². The van der Waals surface area contributed by atoms with Crippen molar-refractivity contribution < 1.29 is 19.1 Å².